The second-order valence-electron chi connectivity index (χ2n) is 5.08. The Bertz CT molecular complexity index is 550. The van der Waals surface area contributed by atoms with E-state index in [2.05, 4.69) is 5.32 Å². The lowest BCUT2D eigenvalue weighted by atomic mass is 9.74. The summed E-state index contributed by atoms with van der Waals surface area (Å²) in [5.74, 6) is -1.64. The second-order valence-corrected chi connectivity index (χ2v) is 5.08. The molecule has 1 amide bonds. The van der Waals surface area contributed by atoms with Crippen molar-refractivity contribution in [2.24, 2.45) is 0 Å². The molecule has 0 bridgehead atoms. The molecule has 2 rings (SSSR count). The van der Waals surface area contributed by atoms with Crippen LogP contribution in [0.15, 0.2) is 30.3 Å². The van der Waals surface area contributed by atoms with Gasteiger partial charge in [0.2, 0.25) is 5.91 Å². The third-order valence-corrected chi connectivity index (χ3v) is 3.46. The molecule has 20 heavy (non-hydrogen) atoms. The van der Waals surface area contributed by atoms with Crippen LogP contribution in [0.2, 0.25) is 0 Å². The molecule has 0 atom stereocenters. The van der Waals surface area contributed by atoms with Gasteiger partial charge in [0.05, 0.1) is 12.0 Å². The van der Waals surface area contributed by atoms with Crippen LogP contribution in [0.3, 0.4) is 0 Å². The molecule has 2 N–H and O–H groups in total. The zero-order chi connectivity index (χ0) is 14.6. The van der Waals surface area contributed by atoms with E-state index in [-0.39, 0.29) is 18.1 Å². The molecule has 4 nitrogen and oxygen atoms in total. The first-order valence-corrected chi connectivity index (χ1v) is 6.47. The van der Waals surface area contributed by atoms with Crippen molar-refractivity contribution < 1.29 is 19.1 Å². The number of halogens is 1. The number of benzene rings is 1. The molecular weight excluding hydrogens is 261 g/mol. The normalized spacial score (nSPS) is 16.6. The average molecular weight is 277 g/mol. The number of nitrogens with one attached hydrogen (secondary N) is 1. The summed E-state index contributed by atoms with van der Waals surface area (Å²) in [7, 11) is 0. The fourth-order valence-corrected chi connectivity index (χ4v) is 2.32. The zero-order valence-electron chi connectivity index (χ0n) is 10.9. The van der Waals surface area contributed by atoms with Crippen molar-refractivity contribution in [1.82, 2.24) is 5.32 Å². The Morgan fingerprint density at radius 2 is 2.15 bits per heavy atom. The number of hydrogen-bond acceptors (Lipinski definition) is 2. The van der Waals surface area contributed by atoms with Gasteiger partial charge in [0.1, 0.15) is 5.82 Å². The van der Waals surface area contributed by atoms with Gasteiger partial charge in [0, 0.05) is 6.08 Å². The summed E-state index contributed by atoms with van der Waals surface area (Å²) in [4.78, 5) is 22.6. The molecule has 0 radical (unpaired) electrons. The van der Waals surface area contributed by atoms with Gasteiger partial charge in [-0.3, -0.25) is 9.59 Å². The van der Waals surface area contributed by atoms with Crippen LogP contribution in [0.5, 0.6) is 0 Å². The minimum atomic E-state index is -0.917. The summed E-state index contributed by atoms with van der Waals surface area (Å²) in [6, 6.07) is 5.89. The molecule has 106 valence electrons. The highest BCUT2D eigenvalue weighted by Gasteiger charge is 2.39. The highest BCUT2D eigenvalue weighted by atomic mass is 19.1. The van der Waals surface area contributed by atoms with E-state index in [0.29, 0.717) is 18.4 Å². The molecular formula is C15H16FNO3. The molecule has 0 aliphatic heterocycles. The van der Waals surface area contributed by atoms with E-state index in [1.807, 2.05) is 0 Å². The van der Waals surface area contributed by atoms with Crippen LogP contribution in [-0.4, -0.2) is 22.5 Å². The predicted molar refractivity (Wildman–Crippen MR) is 72.4 cm³/mol. The maximum Gasteiger partial charge on any atom is 0.305 e. The molecule has 5 heteroatoms. The van der Waals surface area contributed by atoms with Crippen LogP contribution in [-0.2, 0) is 9.59 Å². The first kappa shape index (κ1) is 14.2. The van der Waals surface area contributed by atoms with E-state index in [0.717, 1.165) is 6.42 Å². The van der Waals surface area contributed by atoms with Crippen molar-refractivity contribution >= 4 is 18.0 Å². The molecule has 0 spiro atoms. The Labute approximate surface area is 116 Å². The Hall–Kier alpha value is -2.17. The number of carbonyl (C=O) groups is 2. The van der Waals surface area contributed by atoms with Gasteiger partial charge in [-0.15, -0.1) is 0 Å². The molecule has 1 aliphatic carbocycles. The van der Waals surface area contributed by atoms with Crippen LogP contribution in [0.1, 0.15) is 31.2 Å². The average Bonchev–Trinajstić information content (AvgIpc) is 2.33. The number of carbonyl (C=O) groups excluding carboxylic acids is 1. The summed E-state index contributed by atoms with van der Waals surface area (Å²) in [6.45, 7) is 0. The Kier molecular flexibility index (Phi) is 4.17. The molecule has 0 aromatic heterocycles. The Balaban J connectivity index is 1.96. The molecule has 0 unspecified atom stereocenters. The molecule has 0 heterocycles. The maximum atomic E-state index is 13.0. The molecule has 1 aliphatic rings. The molecule has 1 aromatic rings. The standard InChI is InChI=1S/C15H16FNO3/c16-12-4-1-3-11(9-12)5-6-13(18)17-15(7-2-8-15)10-14(19)20/h1,3-6,9H,2,7-8,10H2,(H,17,18)(H,19,20). The van der Waals surface area contributed by atoms with Crippen molar-refractivity contribution in [3.63, 3.8) is 0 Å². The predicted octanol–water partition coefficient (Wildman–Crippen LogP) is 2.35. The van der Waals surface area contributed by atoms with Gasteiger partial charge in [0.15, 0.2) is 0 Å². The first-order chi connectivity index (χ1) is 9.49. The monoisotopic (exact) mass is 277 g/mol. The number of carboxylic acids is 1. The topological polar surface area (TPSA) is 66.4 Å². The lowest BCUT2D eigenvalue weighted by Crippen LogP contribution is -2.54. The number of aliphatic carboxylic acids is 1. The van der Waals surface area contributed by atoms with Crippen molar-refractivity contribution in [2.45, 2.75) is 31.2 Å². The number of carboxylic acid groups (broad SMARTS) is 1. The summed E-state index contributed by atoms with van der Waals surface area (Å²) in [5, 5.41) is 11.6. The van der Waals surface area contributed by atoms with Crippen molar-refractivity contribution in [1.29, 1.82) is 0 Å². The lowest BCUT2D eigenvalue weighted by molar-refractivity contribution is -0.140. The minimum Gasteiger partial charge on any atom is -0.481 e. The SMILES string of the molecule is O=C(O)CC1(NC(=O)C=Cc2cccc(F)c2)CCC1. The van der Waals surface area contributed by atoms with Crippen LogP contribution in [0.4, 0.5) is 4.39 Å². The number of hydrogen-bond donors (Lipinski definition) is 2. The van der Waals surface area contributed by atoms with E-state index >= 15 is 0 Å². The number of amides is 1. The van der Waals surface area contributed by atoms with E-state index in [4.69, 9.17) is 5.11 Å². The van der Waals surface area contributed by atoms with Gasteiger partial charge < -0.3 is 10.4 Å². The molecule has 1 aromatic carbocycles. The fraction of sp³-hybridized carbons (Fsp3) is 0.333. The summed E-state index contributed by atoms with van der Waals surface area (Å²) in [5.41, 5.74) is -0.0316. The van der Waals surface area contributed by atoms with Gasteiger partial charge in [0.25, 0.3) is 0 Å². The highest BCUT2D eigenvalue weighted by molar-refractivity contribution is 5.92. The van der Waals surface area contributed by atoms with Crippen LogP contribution in [0, 0.1) is 5.82 Å². The first-order valence-electron chi connectivity index (χ1n) is 6.47. The van der Waals surface area contributed by atoms with E-state index < -0.39 is 11.5 Å². The fourth-order valence-electron chi connectivity index (χ4n) is 2.32. The third-order valence-electron chi connectivity index (χ3n) is 3.46. The van der Waals surface area contributed by atoms with E-state index in [1.54, 1.807) is 12.1 Å². The largest absolute Gasteiger partial charge is 0.481 e. The van der Waals surface area contributed by atoms with Crippen molar-refractivity contribution in [3.8, 4) is 0 Å². The van der Waals surface area contributed by atoms with Crippen LogP contribution < -0.4 is 5.32 Å². The Morgan fingerprint density at radius 3 is 2.70 bits per heavy atom. The van der Waals surface area contributed by atoms with Gasteiger partial charge >= 0.3 is 5.97 Å². The molecule has 0 saturated heterocycles. The van der Waals surface area contributed by atoms with E-state index in [9.17, 15) is 14.0 Å². The summed E-state index contributed by atoms with van der Waals surface area (Å²) < 4.78 is 13.0. The second kappa shape index (κ2) is 5.86. The van der Waals surface area contributed by atoms with Crippen LogP contribution in [0.25, 0.3) is 6.08 Å². The zero-order valence-corrected chi connectivity index (χ0v) is 10.9. The number of rotatable bonds is 5. The van der Waals surface area contributed by atoms with E-state index in [1.165, 1.54) is 24.3 Å². The summed E-state index contributed by atoms with van der Waals surface area (Å²) >= 11 is 0. The molecule has 1 fully saturated rings. The van der Waals surface area contributed by atoms with Gasteiger partial charge in [-0.25, -0.2) is 4.39 Å². The minimum absolute atomic E-state index is 0.0630. The van der Waals surface area contributed by atoms with Crippen molar-refractivity contribution in [2.75, 3.05) is 0 Å². The van der Waals surface area contributed by atoms with Gasteiger partial charge in [-0.05, 0) is 43.0 Å². The van der Waals surface area contributed by atoms with Crippen LogP contribution >= 0.6 is 0 Å². The third kappa shape index (κ3) is 3.66. The van der Waals surface area contributed by atoms with Crippen molar-refractivity contribution in [3.05, 3.63) is 41.7 Å². The van der Waals surface area contributed by atoms with Gasteiger partial charge in [-0.1, -0.05) is 12.1 Å². The lowest BCUT2D eigenvalue weighted by Gasteiger charge is -2.41. The maximum absolute atomic E-state index is 13.0. The highest BCUT2D eigenvalue weighted by Crippen LogP contribution is 2.34. The smallest absolute Gasteiger partial charge is 0.305 e. The molecule has 1 saturated carbocycles. The summed E-state index contributed by atoms with van der Waals surface area (Å²) in [6.07, 6.45) is 5.02. The quantitative estimate of drug-likeness (QED) is 0.812. The Morgan fingerprint density at radius 1 is 1.40 bits per heavy atom. The van der Waals surface area contributed by atoms with Gasteiger partial charge in [-0.2, -0.15) is 0 Å².